The summed E-state index contributed by atoms with van der Waals surface area (Å²) >= 11 is 5.10. The number of aromatic nitrogens is 2. The zero-order valence-corrected chi connectivity index (χ0v) is 9.11. The van der Waals surface area contributed by atoms with Gasteiger partial charge in [0.05, 0.1) is 11.0 Å². The number of imidazole rings is 1. The molecule has 0 spiro atoms. The second kappa shape index (κ2) is 2.94. The summed E-state index contributed by atoms with van der Waals surface area (Å²) in [6.07, 6.45) is 0. The Labute approximate surface area is 91.9 Å². The molecule has 0 amide bonds. The summed E-state index contributed by atoms with van der Waals surface area (Å²) in [7, 11) is 0. The van der Waals surface area contributed by atoms with Crippen molar-refractivity contribution < 1.29 is 0 Å². The molecule has 1 aromatic heterocycles. The van der Waals surface area contributed by atoms with Gasteiger partial charge in [-0.15, -0.1) is 0 Å². The highest BCUT2D eigenvalue weighted by atomic mass is 32.1. The molecule has 0 radical (unpaired) electrons. The fraction of sp³-hybridized carbons (Fsp3) is 0.0833. The van der Waals surface area contributed by atoms with Gasteiger partial charge in [0, 0.05) is 5.39 Å². The molecule has 0 aliphatic carbocycles. The number of fused-ring (bicyclic) bond motifs is 3. The predicted octanol–water partition coefficient (Wildman–Crippen LogP) is 3.69. The van der Waals surface area contributed by atoms with Crippen LogP contribution in [0.25, 0.3) is 21.8 Å². The van der Waals surface area contributed by atoms with E-state index in [-0.39, 0.29) is 0 Å². The number of aryl methyl sites for hydroxylation is 1. The van der Waals surface area contributed by atoms with Crippen molar-refractivity contribution in [1.29, 1.82) is 0 Å². The first-order valence-electron chi connectivity index (χ1n) is 4.85. The van der Waals surface area contributed by atoms with Crippen LogP contribution in [0, 0.1) is 11.7 Å². The molecule has 0 aliphatic heterocycles. The van der Waals surface area contributed by atoms with Gasteiger partial charge in [-0.3, -0.25) is 0 Å². The first kappa shape index (κ1) is 8.68. The Kier molecular flexibility index (Phi) is 1.70. The van der Waals surface area contributed by atoms with Gasteiger partial charge in [-0.1, -0.05) is 23.8 Å². The Morgan fingerprint density at radius 1 is 1.07 bits per heavy atom. The van der Waals surface area contributed by atoms with Crippen LogP contribution >= 0.6 is 12.2 Å². The second-order valence-corrected chi connectivity index (χ2v) is 4.20. The number of hydrogen-bond donors (Lipinski definition) is 2. The Balaban J connectivity index is 2.62. The standard InChI is InChI=1S/C12H10N2S/c1-7-2-3-8-4-5-10-11(9(8)6-7)14-12(15)13-10/h2-6H,1H3,(H2,13,14,15). The zero-order valence-electron chi connectivity index (χ0n) is 8.29. The highest BCUT2D eigenvalue weighted by Crippen LogP contribution is 2.23. The van der Waals surface area contributed by atoms with Crippen LogP contribution in [0.2, 0.25) is 0 Å². The topological polar surface area (TPSA) is 31.6 Å². The van der Waals surface area contributed by atoms with Crippen LogP contribution in [-0.4, -0.2) is 9.97 Å². The highest BCUT2D eigenvalue weighted by molar-refractivity contribution is 7.71. The summed E-state index contributed by atoms with van der Waals surface area (Å²) in [6.45, 7) is 2.10. The first-order valence-corrected chi connectivity index (χ1v) is 5.26. The van der Waals surface area contributed by atoms with Gasteiger partial charge in [-0.2, -0.15) is 0 Å². The number of rotatable bonds is 0. The van der Waals surface area contributed by atoms with Crippen LogP contribution in [0.15, 0.2) is 30.3 Å². The van der Waals surface area contributed by atoms with Crippen molar-refractivity contribution in [3.8, 4) is 0 Å². The van der Waals surface area contributed by atoms with Crippen molar-refractivity contribution in [2.24, 2.45) is 0 Å². The number of H-pyrrole nitrogens is 2. The molecule has 0 atom stereocenters. The maximum absolute atomic E-state index is 5.10. The molecule has 0 saturated carbocycles. The molecule has 3 aromatic rings. The monoisotopic (exact) mass is 214 g/mol. The normalized spacial score (nSPS) is 11.3. The molecule has 1 heterocycles. The fourth-order valence-electron chi connectivity index (χ4n) is 1.94. The summed E-state index contributed by atoms with van der Waals surface area (Å²) in [5.41, 5.74) is 3.43. The highest BCUT2D eigenvalue weighted by Gasteiger charge is 2.02. The third-order valence-electron chi connectivity index (χ3n) is 2.66. The van der Waals surface area contributed by atoms with E-state index < -0.39 is 0 Å². The van der Waals surface area contributed by atoms with Gasteiger partial charge in [0.15, 0.2) is 4.77 Å². The smallest absolute Gasteiger partial charge is 0.175 e. The average molecular weight is 214 g/mol. The Hall–Kier alpha value is -1.61. The summed E-state index contributed by atoms with van der Waals surface area (Å²) in [5.74, 6) is 0. The average Bonchev–Trinajstić information content (AvgIpc) is 2.58. The lowest BCUT2D eigenvalue weighted by molar-refractivity contribution is 1.30. The quantitative estimate of drug-likeness (QED) is 0.549. The SMILES string of the molecule is Cc1ccc2ccc3[nH]c(=S)[nH]c3c2c1. The molecule has 0 saturated heterocycles. The molecule has 0 bridgehead atoms. The van der Waals surface area contributed by atoms with Crippen LogP contribution in [0.4, 0.5) is 0 Å². The van der Waals surface area contributed by atoms with E-state index in [0.717, 1.165) is 11.0 Å². The molecule has 3 heteroatoms. The van der Waals surface area contributed by atoms with Crippen LogP contribution < -0.4 is 0 Å². The van der Waals surface area contributed by atoms with E-state index in [4.69, 9.17) is 12.2 Å². The van der Waals surface area contributed by atoms with Crippen LogP contribution in [0.1, 0.15) is 5.56 Å². The molecular weight excluding hydrogens is 204 g/mol. The van der Waals surface area contributed by atoms with E-state index in [1.165, 1.54) is 16.3 Å². The third-order valence-corrected chi connectivity index (χ3v) is 2.87. The molecule has 15 heavy (non-hydrogen) atoms. The van der Waals surface area contributed by atoms with Crippen LogP contribution in [-0.2, 0) is 0 Å². The summed E-state index contributed by atoms with van der Waals surface area (Å²) < 4.78 is 0.680. The van der Waals surface area contributed by atoms with Crippen LogP contribution in [0.5, 0.6) is 0 Å². The third kappa shape index (κ3) is 1.27. The second-order valence-electron chi connectivity index (χ2n) is 3.79. The summed E-state index contributed by atoms with van der Waals surface area (Å²) in [4.78, 5) is 6.32. The number of benzene rings is 2. The van der Waals surface area contributed by atoms with Gasteiger partial charge in [-0.25, -0.2) is 0 Å². The molecular formula is C12H10N2S. The number of hydrogen-bond acceptors (Lipinski definition) is 1. The predicted molar refractivity (Wildman–Crippen MR) is 65.7 cm³/mol. The minimum Gasteiger partial charge on any atom is -0.331 e. The molecule has 74 valence electrons. The van der Waals surface area contributed by atoms with E-state index in [0.29, 0.717) is 4.77 Å². The zero-order chi connectivity index (χ0) is 10.4. The Morgan fingerprint density at radius 3 is 2.73 bits per heavy atom. The number of nitrogens with one attached hydrogen (secondary N) is 2. The van der Waals surface area contributed by atoms with Crippen molar-refractivity contribution >= 4 is 34.0 Å². The van der Waals surface area contributed by atoms with Gasteiger partial charge in [0.25, 0.3) is 0 Å². The van der Waals surface area contributed by atoms with Crippen molar-refractivity contribution in [1.82, 2.24) is 9.97 Å². The van der Waals surface area contributed by atoms with Gasteiger partial charge in [0.2, 0.25) is 0 Å². The van der Waals surface area contributed by atoms with Crippen LogP contribution in [0.3, 0.4) is 0 Å². The minimum absolute atomic E-state index is 0.680. The van der Waals surface area contributed by atoms with Gasteiger partial charge < -0.3 is 9.97 Å². The molecule has 0 fully saturated rings. The van der Waals surface area contributed by atoms with E-state index in [1.54, 1.807) is 0 Å². The van der Waals surface area contributed by atoms with E-state index >= 15 is 0 Å². The molecule has 3 rings (SSSR count). The van der Waals surface area contributed by atoms with Gasteiger partial charge >= 0.3 is 0 Å². The Bertz CT molecular complexity index is 706. The molecule has 0 unspecified atom stereocenters. The maximum atomic E-state index is 5.10. The molecule has 2 N–H and O–H groups in total. The molecule has 2 aromatic carbocycles. The van der Waals surface area contributed by atoms with Crippen molar-refractivity contribution in [2.45, 2.75) is 6.92 Å². The van der Waals surface area contributed by atoms with E-state index in [1.807, 2.05) is 0 Å². The van der Waals surface area contributed by atoms with Crippen molar-refractivity contribution in [3.63, 3.8) is 0 Å². The fourth-order valence-corrected chi connectivity index (χ4v) is 2.15. The lowest BCUT2D eigenvalue weighted by Gasteiger charge is -2.00. The summed E-state index contributed by atoms with van der Waals surface area (Å²) in [6, 6.07) is 10.6. The van der Waals surface area contributed by atoms with Crippen molar-refractivity contribution in [3.05, 3.63) is 40.7 Å². The lowest BCUT2D eigenvalue weighted by Crippen LogP contribution is -1.78. The number of aromatic amines is 2. The minimum atomic E-state index is 0.680. The van der Waals surface area contributed by atoms with E-state index in [9.17, 15) is 0 Å². The first-order chi connectivity index (χ1) is 7.24. The van der Waals surface area contributed by atoms with Crippen molar-refractivity contribution in [2.75, 3.05) is 0 Å². The Morgan fingerprint density at radius 2 is 1.87 bits per heavy atom. The lowest BCUT2D eigenvalue weighted by atomic mass is 10.1. The summed E-state index contributed by atoms with van der Waals surface area (Å²) in [5, 5.41) is 2.46. The molecule has 2 nitrogen and oxygen atoms in total. The van der Waals surface area contributed by atoms with Gasteiger partial charge in [-0.05, 0) is 36.7 Å². The molecule has 0 aliphatic rings. The van der Waals surface area contributed by atoms with E-state index in [2.05, 4.69) is 47.2 Å². The van der Waals surface area contributed by atoms with Gasteiger partial charge in [0.1, 0.15) is 0 Å². The largest absolute Gasteiger partial charge is 0.331 e. The maximum Gasteiger partial charge on any atom is 0.175 e.